The monoisotopic (exact) mass is 379 g/mol. The van der Waals surface area contributed by atoms with E-state index in [9.17, 15) is 13.2 Å². The second kappa shape index (κ2) is 9.43. The first-order valence-electron chi connectivity index (χ1n) is 8.74. The maximum Gasteiger partial charge on any atom is 0.308 e. The molecule has 0 fully saturated rings. The van der Waals surface area contributed by atoms with Gasteiger partial charge in [0.2, 0.25) is 5.91 Å². The summed E-state index contributed by atoms with van der Waals surface area (Å²) in [5, 5.41) is 0. The number of amides is 1. The molecule has 1 heterocycles. The molecule has 26 heavy (non-hydrogen) atoms. The van der Waals surface area contributed by atoms with E-state index in [0.29, 0.717) is 25.3 Å². The van der Waals surface area contributed by atoms with E-state index in [0.717, 1.165) is 18.4 Å². The Hall–Kier alpha value is -2.28. The van der Waals surface area contributed by atoms with Crippen LogP contribution in [0, 0.1) is 0 Å². The van der Waals surface area contributed by atoms with Crippen molar-refractivity contribution in [1.29, 1.82) is 0 Å². The van der Waals surface area contributed by atoms with Gasteiger partial charge in [-0.1, -0.05) is 25.5 Å². The van der Waals surface area contributed by atoms with Gasteiger partial charge in [-0.2, -0.15) is 8.42 Å². The number of carbonyl (C=O) groups excluding carboxylic acids is 1. The average molecular weight is 379 g/mol. The fourth-order valence-electron chi connectivity index (χ4n) is 2.43. The quantitative estimate of drug-likeness (QED) is 0.588. The maximum absolute atomic E-state index is 12.5. The smallest absolute Gasteiger partial charge is 0.308 e. The third-order valence-corrected chi connectivity index (χ3v) is 5.03. The van der Waals surface area contributed by atoms with Crippen molar-refractivity contribution in [2.75, 3.05) is 5.75 Å². The standard InChI is InChI=1S/C19H25NO5S/c1-3-5-11-19(21)20(15-18-10-7-12-24-18)14-16-8-6-9-17(13-16)25-26(22,23)4-2/h6-10,12-13H,3-5,11,14-15H2,1-2H3. The van der Waals surface area contributed by atoms with E-state index in [2.05, 4.69) is 0 Å². The van der Waals surface area contributed by atoms with Crippen LogP contribution in [0.25, 0.3) is 0 Å². The van der Waals surface area contributed by atoms with Gasteiger partial charge < -0.3 is 13.5 Å². The van der Waals surface area contributed by atoms with Crippen LogP contribution >= 0.6 is 0 Å². The SMILES string of the molecule is CCCCC(=O)N(Cc1cccc(OS(=O)(=O)CC)c1)Cc1ccco1. The molecular weight excluding hydrogens is 354 g/mol. The Bertz CT molecular complexity index is 799. The van der Waals surface area contributed by atoms with Crippen molar-refractivity contribution in [3.63, 3.8) is 0 Å². The Morgan fingerprint density at radius 2 is 1.96 bits per heavy atom. The fraction of sp³-hybridized carbons (Fsp3) is 0.421. The summed E-state index contributed by atoms with van der Waals surface area (Å²) in [7, 11) is -3.58. The van der Waals surface area contributed by atoms with Gasteiger partial charge >= 0.3 is 10.1 Å². The van der Waals surface area contributed by atoms with Gasteiger partial charge in [0.05, 0.1) is 18.6 Å². The molecule has 7 heteroatoms. The summed E-state index contributed by atoms with van der Waals surface area (Å²) in [4.78, 5) is 14.3. The predicted molar refractivity (Wildman–Crippen MR) is 99.0 cm³/mol. The van der Waals surface area contributed by atoms with E-state index in [4.69, 9.17) is 8.60 Å². The van der Waals surface area contributed by atoms with Crippen molar-refractivity contribution in [1.82, 2.24) is 4.90 Å². The van der Waals surface area contributed by atoms with Crippen LogP contribution in [0.1, 0.15) is 44.4 Å². The molecule has 142 valence electrons. The van der Waals surface area contributed by atoms with Crippen molar-refractivity contribution in [2.24, 2.45) is 0 Å². The second-order valence-electron chi connectivity index (χ2n) is 6.01. The molecule has 0 saturated carbocycles. The van der Waals surface area contributed by atoms with Crippen molar-refractivity contribution < 1.29 is 21.8 Å². The van der Waals surface area contributed by atoms with E-state index in [1.807, 2.05) is 19.1 Å². The lowest BCUT2D eigenvalue weighted by molar-refractivity contribution is -0.132. The molecule has 1 aromatic heterocycles. The van der Waals surface area contributed by atoms with E-state index in [-0.39, 0.29) is 17.4 Å². The highest BCUT2D eigenvalue weighted by Gasteiger charge is 2.16. The Labute approximate surface area is 154 Å². The van der Waals surface area contributed by atoms with Crippen molar-refractivity contribution in [3.8, 4) is 5.75 Å². The molecule has 0 spiro atoms. The van der Waals surface area contributed by atoms with Crippen LogP contribution in [-0.4, -0.2) is 25.0 Å². The summed E-state index contributed by atoms with van der Waals surface area (Å²) < 4.78 is 33.7. The summed E-state index contributed by atoms with van der Waals surface area (Å²) in [6, 6.07) is 10.4. The van der Waals surface area contributed by atoms with Gasteiger partial charge in [0.1, 0.15) is 11.5 Å². The van der Waals surface area contributed by atoms with Gasteiger partial charge in [-0.05, 0) is 43.2 Å². The van der Waals surface area contributed by atoms with Crippen LogP contribution in [0.3, 0.4) is 0 Å². The molecule has 0 aliphatic carbocycles. The summed E-state index contributed by atoms with van der Waals surface area (Å²) in [6.07, 6.45) is 3.82. The zero-order chi connectivity index (χ0) is 19.0. The minimum Gasteiger partial charge on any atom is -0.467 e. The topological polar surface area (TPSA) is 76.8 Å². The molecule has 2 rings (SSSR count). The Morgan fingerprint density at radius 3 is 2.62 bits per heavy atom. The number of hydrogen-bond donors (Lipinski definition) is 0. The fourth-order valence-corrected chi connectivity index (χ4v) is 2.95. The Kier molecular flexibility index (Phi) is 7.26. The summed E-state index contributed by atoms with van der Waals surface area (Å²) in [5.41, 5.74) is 0.796. The number of carbonyl (C=O) groups is 1. The van der Waals surface area contributed by atoms with Crippen LogP contribution in [0.15, 0.2) is 47.1 Å². The molecule has 0 N–H and O–H groups in total. The lowest BCUT2D eigenvalue weighted by Gasteiger charge is -2.22. The average Bonchev–Trinajstić information content (AvgIpc) is 3.12. The first-order chi connectivity index (χ1) is 12.4. The minimum atomic E-state index is -3.58. The van der Waals surface area contributed by atoms with E-state index in [1.54, 1.807) is 35.4 Å². The highest BCUT2D eigenvalue weighted by Crippen LogP contribution is 2.19. The lowest BCUT2D eigenvalue weighted by atomic mass is 10.1. The molecule has 0 aliphatic rings. The van der Waals surface area contributed by atoms with Gasteiger partial charge in [0.15, 0.2) is 0 Å². The number of nitrogens with zero attached hydrogens (tertiary/aromatic N) is 1. The Balaban J connectivity index is 2.14. The molecule has 0 aliphatic heterocycles. The number of hydrogen-bond acceptors (Lipinski definition) is 5. The Morgan fingerprint density at radius 1 is 1.15 bits per heavy atom. The van der Waals surface area contributed by atoms with Gasteiger partial charge in [-0.3, -0.25) is 4.79 Å². The van der Waals surface area contributed by atoms with E-state index < -0.39 is 10.1 Å². The van der Waals surface area contributed by atoms with Crippen molar-refractivity contribution in [3.05, 3.63) is 54.0 Å². The first kappa shape index (κ1) is 20.0. The third kappa shape index (κ3) is 6.22. The van der Waals surface area contributed by atoms with Crippen LogP contribution in [-0.2, 0) is 28.0 Å². The van der Waals surface area contributed by atoms with E-state index in [1.165, 1.54) is 6.92 Å². The summed E-state index contributed by atoms with van der Waals surface area (Å²) in [5.74, 6) is 0.895. The molecule has 0 radical (unpaired) electrons. The molecule has 2 aromatic rings. The summed E-state index contributed by atoms with van der Waals surface area (Å²) >= 11 is 0. The maximum atomic E-state index is 12.5. The molecule has 1 amide bonds. The lowest BCUT2D eigenvalue weighted by Crippen LogP contribution is -2.29. The van der Waals surface area contributed by atoms with Crippen molar-refractivity contribution >= 4 is 16.0 Å². The van der Waals surface area contributed by atoms with Gasteiger partial charge in [0, 0.05) is 13.0 Å². The molecule has 1 aromatic carbocycles. The largest absolute Gasteiger partial charge is 0.467 e. The van der Waals surface area contributed by atoms with Crippen molar-refractivity contribution in [2.45, 2.75) is 46.2 Å². The highest BCUT2D eigenvalue weighted by molar-refractivity contribution is 7.87. The molecule has 0 unspecified atom stereocenters. The van der Waals surface area contributed by atoms with Gasteiger partial charge in [-0.25, -0.2) is 0 Å². The van der Waals surface area contributed by atoms with Crippen LogP contribution in [0.2, 0.25) is 0 Å². The predicted octanol–water partition coefficient (Wildman–Crippen LogP) is 3.73. The normalized spacial score (nSPS) is 11.3. The van der Waals surface area contributed by atoms with Gasteiger partial charge in [-0.15, -0.1) is 0 Å². The highest BCUT2D eigenvalue weighted by atomic mass is 32.2. The second-order valence-corrected chi connectivity index (χ2v) is 7.87. The molecule has 6 nitrogen and oxygen atoms in total. The number of rotatable bonds is 10. The van der Waals surface area contributed by atoms with Crippen LogP contribution in [0.4, 0.5) is 0 Å². The minimum absolute atomic E-state index is 0.0377. The third-order valence-electron chi connectivity index (χ3n) is 3.87. The first-order valence-corrected chi connectivity index (χ1v) is 10.3. The van der Waals surface area contributed by atoms with Crippen LogP contribution < -0.4 is 4.18 Å². The summed E-state index contributed by atoms with van der Waals surface area (Å²) in [6.45, 7) is 4.29. The van der Waals surface area contributed by atoms with E-state index >= 15 is 0 Å². The molecule has 0 bridgehead atoms. The zero-order valence-electron chi connectivity index (χ0n) is 15.2. The van der Waals surface area contributed by atoms with Crippen LogP contribution in [0.5, 0.6) is 5.75 Å². The number of unbranched alkanes of at least 4 members (excludes halogenated alkanes) is 1. The number of furan rings is 1. The van der Waals surface area contributed by atoms with Gasteiger partial charge in [0.25, 0.3) is 0 Å². The zero-order valence-corrected chi connectivity index (χ0v) is 16.0. The molecular formula is C19H25NO5S. The molecule has 0 saturated heterocycles. The molecule has 0 atom stereocenters. The number of benzene rings is 1.